The van der Waals surface area contributed by atoms with Crippen LogP contribution in [0, 0.1) is 0 Å². The standard InChI is InChI=1S/C23H30N2O5S/c1-29-20-10-4-5-11-21(20)30-18-13-16-24(17-18)14-7-2-8-15-25-23(26)19-9-3-6-12-22(19)31(25,27)28/h3-6,9-12,18,27-28H,2,7-8,13-17H2,1H3. The fraction of sp³-hybridized carbons (Fsp3) is 0.435. The summed E-state index contributed by atoms with van der Waals surface area (Å²) in [6.07, 6.45) is 3.80. The number of hydrogen-bond acceptors (Lipinski definition) is 6. The Labute approximate surface area is 185 Å². The normalized spacial score (nSPS) is 21.2. The molecule has 2 aliphatic rings. The number of benzene rings is 2. The summed E-state index contributed by atoms with van der Waals surface area (Å²) in [5, 5.41) is 0. The number of rotatable bonds is 9. The molecule has 2 aromatic rings. The summed E-state index contributed by atoms with van der Waals surface area (Å²) in [6, 6.07) is 14.5. The van der Waals surface area contributed by atoms with Crippen LogP contribution in [0.25, 0.3) is 0 Å². The number of methoxy groups -OCH3 is 1. The van der Waals surface area contributed by atoms with Crippen LogP contribution in [-0.4, -0.2) is 63.6 Å². The maximum atomic E-state index is 12.5. The molecular weight excluding hydrogens is 416 g/mol. The lowest BCUT2D eigenvalue weighted by Gasteiger charge is -2.36. The molecule has 0 spiro atoms. The number of para-hydroxylation sites is 2. The molecule has 2 aromatic carbocycles. The van der Waals surface area contributed by atoms with Gasteiger partial charge in [0.15, 0.2) is 11.5 Å². The lowest BCUT2D eigenvalue weighted by Crippen LogP contribution is -2.29. The number of nitrogens with zero attached hydrogens (tertiary/aromatic N) is 2. The van der Waals surface area contributed by atoms with Gasteiger partial charge in [0.2, 0.25) is 0 Å². The van der Waals surface area contributed by atoms with Crippen molar-refractivity contribution in [1.29, 1.82) is 0 Å². The summed E-state index contributed by atoms with van der Waals surface area (Å²) in [5.41, 5.74) is 0.403. The number of unbranched alkanes of at least 4 members (excludes halogenated alkanes) is 2. The first-order valence-electron chi connectivity index (χ1n) is 10.7. The number of amides is 1. The average Bonchev–Trinajstić information content (AvgIpc) is 3.30. The molecule has 1 atom stereocenters. The van der Waals surface area contributed by atoms with Gasteiger partial charge in [-0.3, -0.25) is 18.8 Å². The van der Waals surface area contributed by atoms with Gasteiger partial charge in [0.1, 0.15) is 6.10 Å². The molecule has 1 unspecified atom stereocenters. The van der Waals surface area contributed by atoms with Gasteiger partial charge in [-0.05, 0) is 50.1 Å². The van der Waals surface area contributed by atoms with E-state index in [9.17, 15) is 13.9 Å². The van der Waals surface area contributed by atoms with Crippen molar-refractivity contribution >= 4 is 16.7 Å². The second-order valence-electron chi connectivity index (χ2n) is 7.96. The van der Waals surface area contributed by atoms with Crippen molar-refractivity contribution in [1.82, 2.24) is 9.21 Å². The van der Waals surface area contributed by atoms with Crippen molar-refractivity contribution < 1.29 is 23.4 Å². The number of carbonyl (C=O) groups is 1. The summed E-state index contributed by atoms with van der Waals surface area (Å²) < 4.78 is 33.7. The minimum atomic E-state index is -3.19. The predicted octanol–water partition coefficient (Wildman–Crippen LogP) is 4.50. The molecule has 2 heterocycles. The van der Waals surface area contributed by atoms with Crippen LogP contribution in [0.3, 0.4) is 0 Å². The molecule has 7 nitrogen and oxygen atoms in total. The zero-order valence-electron chi connectivity index (χ0n) is 17.8. The molecular formula is C23H30N2O5S. The Balaban J connectivity index is 1.18. The number of carbonyl (C=O) groups excluding carboxylic acids is 1. The minimum Gasteiger partial charge on any atom is -0.493 e. The summed E-state index contributed by atoms with van der Waals surface area (Å²) in [7, 11) is -1.55. The molecule has 8 heteroatoms. The first-order valence-corrected chi connectivity index (χ1v) is 12.2. The first kappa shape index (κ1) is 22.0. The molecule has 0 radical (unpaired) electrons. The largest absolute Gasteiger partial charge is 0.493 e. The monoisotopic (exact) mass is 446 g/mol. The van der Waals surface area contributed by atoms with E-state index in [2.05, 4.69) is 4.90 Å². The number of ether oxygens (including phenoxy) is 2. The highest BCUT2D eigenvalue weighted by molar-refractivity contribution is 8.23. The van der Waals surface area contributed by atoms with Crippen molar-refractivity contribution in [3.63, 3.8) is 0 Å². The highest BCUT2D eigenvalue weighted by atomic mass is 32.3. The third-order valence-electron chi connectivity index (χ3n) is 5.87. The number of fused-ring (bicyclic) bond motifs is 1. The van der Waals surface area contributed by atoms with E-state index in [0.29, 0.717) is 17.0 Å². The van der Waals surface area contributed by atoms with Gasteiger partial charge in [-0.25, -0.2) is 4.31 Å². The molecule has 1 fully saturated rings. The lowest BCUT2D eigenvalue weighted by molar-refractivity contribution is 0.0860. The molecule has 2 N–H and O–H groups in total. The van der Waals surface area contributed by atoms with E-state index >= 15 is 0 Å². The van der Waals surface area contributed by atoms with Crippen molar-refractivity contribution in [3.8, 4) is 11.5 Å². The summed E-state index contributed by atoms with van der Waals surface area (Å²) in [5.74, 6) is 1.25. The van der Waals surface area contributed by atoms with E-state index in [4.69, 9.17) is 9.47 Å². The molecule has 0 aliphatic carbocycles. The van der Waals surface area contributed by atoms with Gasteiger partial charge in [0, 0.05) is 19.6 Å². The van der Waals surface area contributed by atoms with E-state index in [1.807, 2.05) is 24.3 Å². The Morgan fingerprint density at radius 3 is 2.48 bits per heavy atom. The van der Waals surface area contributed by atoms with Crippen LogP contribution in [-0.2, 0) is 0 Å². The summed E-state index contributed by atoms with van der Waals surface area (Å²) in [4.78, 5) is 15.3. The van der Waals surface area contributed by atoms with Crippen molar-refractivity contribution in [2.75, 3.05) is 33.3 Å². The van der Waals surface area contributed by atoms with Crippen LogP contribution >= 0.6 is 10.8 Å². The first-order chi connectivity index (χ1) is 15.0. The summed E-state index contributed by atoms with van der Waals surface area (Å²) >= 11 is 0. The Hall–Kier alpha value is -2.26. The lowest BCUT2D eigenvalue weighted by atomic mass is 10.2. The quantitative estimate of drug-likeness (QED) is 0.552. The predicted molar refractivity (Wildman–Crippen MR) is 121 cm³/mol. The maximum absolute atomic E-state index is 12.5. The summed E-state index contributed by atoms with van der Waals surface area (Å²) in [6.45, 7) is 3.21. The number of hydrogen-bond donors (Lipinski definition) is 2. The van der Waals surface area contributed by atoms with Crippen molar-refractivity contribution in [2.45, 2.75) is 36.7 Å². The molecule has 2 aliphatic heterocycles. The second kappa shape index (κ2) is 9.48. The van der Waals surface area contributed by atoms with Gasteiger partial charge in [-0.1, -0.05) is 41.5 Å². The van der Waals surface area contributed by atoms with Gasteiger partial charge >= 0.3 is 0 Å². The van der Waals surface area contributed by atoms with Crippen LogP contribution < -0.4 is 9.47 Å². The van der Waals surface area contributed by atoms with E-state index in [1.54, 1.807) is 31.4 Å². The van der Waals surface area contributed by atoms with E-state index in [-0.39, 0.29) is 12.0 Å². The van der Waals surface area contributed by atoms with Gasteiger partial charge in [0.05, 0.1) is 17.6 Å². The molecule has 4 rings (SSSR count). The average molecular weight is 447 g/mol. The van der Waals surface area contributed by atoms with Crippen LogP contribution in [0.2, 0.25) is 0 Å². The van der Waals surface area contributed by atoms with Gasteiger partial charge in [0.25, 0.3) is 5.91 Å². The zero-order chi connectivity index (χ0) is 21.8. The molecule has 1 amide bonds. The highest BCUT2D eigenvalue weighted by Crippen LogP contribution is 2.58. The Morgan fingerprint density at radius 2 is 1.71 bits per heavy atom. The fourth-order valence-corrected chi connectivity index (χ4v) is 5.90. The molecule has 0 aromatic heterocycles. The van der Waals surface area contributed by atoms with E-state index in [0.717, 1.165) is 56.8 Å². The van der Waals surface area contributed by atoms with Crippen LogP contribution in [0.15, 0.2) is 53.4 Å². The maximum Gasteiger partial charge on any atom is 0.274 e. The van der Waals surface area contributed by atoms with E-state index in [1.165, 1.54) is 4.31 Å². The molecule has 1 saturated heterocycles. The Morgan fingerprint density at radius 1 is 1.00 bits per heavy atom. The zero-order valence-corrected chi connectivity index (χ0v) is 18.6. The van der Waals surface area contributed by atoms with E-state index < -0.39 is 10.8 Å². The minimum absolute atomic E-state index is 0.157. The molecule has 31 heavy (non-hydrogen) atoms. The molecule has 168 valence electrons. The van der Waals surface area contributed by atoms with Gasteiger partial charge in [-0.15, -0.1) is 0 Å². The third kappa shape index (κ3) is 4.67. The van der Waals surface area contributed by atoms with Gasteiger partial charge in [-0.2, -0.15) is 0 Å². The number of likely N-dealkylation sites (tertiary alicyclic amines) is 1. The van der Waals surface area contributed by atoms with Gasteiger partial charge < -0.3 is 9.47 Å². The molecule has 0 bridgehead atoms. The van der Waals surface area contributed by atoms with Crippen molar-refractivity contribution in [3.05, 3.63) is 54.1 Å². The smallest absolute Gasteiger partial charge is 0.274 e. The van der Waals surface area contributed by atoms with Crippen molar-refractivity contribution in [2.24, 2.45) is 0 Å². The van der Waals surface area contributed by atoms with Crippen LogP contribution in [0.5, 0.6) is 11.5 Å². The van der Waals surface area contributed by atoms with Crippen LogP contribution in [0.4, 0.5) is 0 Å². The SMILES string of the molecule is COc1ccccc1OC1CCN(CCCCCN2C(=O)c3ccccc3S2(O)O)C1. The second-order valence-corrected chi connectivity index (χ2v) is 9.88. The van der Waals surface area contributed by atoms with Crippen LogP contribution in [0.1, 0.15) is 36.0 Å². The Bertz CT molecular complexity index is 922. The highest BCUT2D eigenvalue weighted by Gasteiger charge is 2.40. The topological polar surface area (TPSA) is 82.5 Å². The molecule has 0 saturated carbocycles. The third-order valence-corrected chi connectivity index (χ3v) is 7.78. The fourth-order valence-electron chi connectivity index (χ4n) is 4.24. The Kier molecular flexibility index (Phi) is 6.71.